The van der Waals surface area contributed by atoms with E-state index in [9.17, 15) is 4.79 Å². The number of hydrogen-bond acceptors (Lipinski definition) is 7. The summed E-state index contributed by atoms with van der Waals surface area (Å²) in [6.07, 6.45) is 6.64. The molecule has 0 unspecified atom stereocenters. The SMILES string of the molecule is O=C(c1csc(-c2cnccn2)n1)N1CCC(c2nc(-c3ccc(Cl)c(Cl)c3)cs2)CC1. The molecule has 0 N–H and O–H groups in total. The van der Waals surface area contributed by atoms with Gasteiger partial charge in [0, 0.05) is 47.7 Å². The molecule has 6 nitrogen and oxygen atoms in total. The molecule has 0 bridgehead atoms. The quantitative estimate of drug-likeness (QED) is 0.340. The van der Waals surface area contributed by atoms with Gasteiger partial charge in [-0.05, 0) is 25.0 Å². The second kappa shape index (κ2) is 9.23. The number of hydrogen-bond donors (Lipinski definition) is 0. The van der Waals surface area contributed by atoms with Gasteiger partial charge in [0.1, 0.15) is 16.4 Å². The minimum Gasteiger partial charge on any atom is -0.337 e. The van der Waals surface area contributed by atoms with Crippen molar-refractivity contribution in [2.45, 2.75) is 18.8 Å². The summed E-state index contributed by atoms with van der Waals surface area (Å²) < 4.78 is 0. The number of thiazole rings is 2. The zero-order valence-electron chi connectivity index (χ0n) is 16.7. The van der Waals surface area contributed by atoms with E-state index in [0.29, 0.717) is 45.4 Å². The summed E-state index contributed by atoms with van der Waals surface area (Å²) in [7, 11) is 0. The van der Waals surface area contributed by atoms with E-state index in [-0.39, 0.29) is 5.91 Å². The second-order valence-corrected chi connectivity index (χ2v) is 9.96. The number of aromatic nitrogens is 4. The average molecular weight is 502 g/mol. The molecule has 0 atom stereocenters. The maximum Gasteiger partial charge on any atom is 0.273 e. The first-order valence-corrected chi connectivity index (χ1v) is 12.5. The third-order valence-electron chi connectivity index (χ3n) is 5.37. The molecular formula is C22H17Cl2N5OS2. The molecule has 1 saturated heterocycles. The molecule has 0 saturated carbocycles. The maximum atomic E-state index is 12.9. The van der Waals surface area contributed by atoms with Crippen molar-refractivity contribution in [1.82, 2.24) is 24.8 Å². The van der Waals surface area contributed by atoms with Gasteiger partial charge in [-0.1, -0.05) is 29.3 Å². The van der Waals surface area contributed by atoms with Crippen LogP contribution in [0.4, 0.5) is 0 Å². The lowest BCUT2D eigenvalue weighted by molar-refractivity contribution is 0.0708. The van der Waals surface area contributed by atoms with Crippen molar-refractivity contribution in [2.24, 2.45) is 0 Å². The highest BCUT2D eigenvalue weighted by Gasteiger charge is 2.27. The van der Waals surface area contributed by atoms with Gasteiger partial charge in [0.15, 0.2) is 0 Å². The fourth-order valence-corrected chi connectivity index (χ4v) is 5.71. The fourth-order valence-electron chi connectivity index (χ4n) is 3.65. The Hall–Kier alpha value is -2.39. The van der Waals surface area contributed by atoms with Crippen LogP contribution in [0.1, 0.15) is 34.3 Å². The first kappa shape index (κ1) is 21.5. The number of piperidine rings is 1. The predicted molar refractivity (Wildman–Crippen MR) is 129 cm³/mol. The van der Waals surface area contributed by atoms with E-state index in [4.69, 9.17) is 28.2 Å². The number of nitrogens with zero attached hydrogens (tertiary/aromatic N) is 5. The van der Waals surface area contributed by atoms with Gasteiger partial charge in [0.2, 0.25) is 0 Å². The van der Waals surface area contributed by atoms with Gasteiger partial charge in [-0.3, -0.25) is 14.8 Å². The van der Waals surface area contributed by atoms with Crippen molar-refractivity contribution >= 4 is 51.8 Å². The van der Waals surface area contributed by atoms with Crippen molar-refractivity contribution in [3.05, 3.63) is 68.3 Å². The number of likely N-dealkylation sites (tertiary alicyclic amines) is 1. The second-order valence-electron chi connectivity index (χ2n) is 7.39. The summed E-state index contributed by atoms with van der Waals surface area (Å²) in [5.74, 6) is 0.302. The topological polar surface area (TPSA) is 71.9 Å². The highest BCUT2D eigenvalue weighted by Crippen LogP contribution is 2.35. The normalized spacial score (nSPS) is 14.6. The van der Waals surface area contributed by atoms with Crippen molar-refractivity contribution in [2.75, 3.05) is 13.1 Å². The van der Waals surface area contributed by atoms with Crippen LogP contribution >= 0.6 is 45.9 Å². The lowest BCUT2D eigenvalue weighted by Gasteiger charge is -2.30. The van der Waals surface area contributed by atoms with Crippen LogP contribution in [-0.2, 0) is 0 Å². The van der Waals surface area contributed by atoms with Crippen LogP contribution in [0, 0.1) is 0 Å². The maximum absolute atomic E-state index is 12.9. The molecule has 1 amide bonds. The molecule has 0 spiro atoms. The lowest BCUT2D eigenvalue weighted by atomic mass is 9.97. The lowest BCUT2D eigenvalue weighted by Crippen LogP contribution is -2.38. The molecule has 10 heteroatoms. The summed E-state index contributed by atoms with van der Waals surface area (Å²) in [6, 6.07) is 5.56. The predicted octanol–water partition coefficient (Wildman–Crippen LogP) is 6.05. The van der Waals surface area contributed by atoms with E-state index in [1.807, 2.05) is 17.0 Å². The highest BCUT2D eigenvalue weighted by molar-refractivity contribution is 7.13. The van der Waals surface area contributed by atoms with E-state index in [0.717, 1.165) is 29.1 Å². The molecule has 0 radical (unpaired) electrons. The molecule has 1 aliphatic heterocycles. The Labute approximate surface area is 202 Å². The molecule has 1 fully saturated rings. The minimum absolute atomic E-state index is 0.0366. The molecule has 3 aromatic heterocycles. The zero-order chi connectivity index (χ0) is 22.1. The monoisotopic (exact) mass is 501 g/mol. The molecule has 5 rings (SSSR count). The van der Waals surface area contributed by atoms with Crippen LogP contribution in [-0.4, -0.2) is 43.8 Å². The number of halogens is 2. The minimum atomic E-state index is -0.0366. The van der Waals surface area contributed by atoms with Gasteiger partial charge in [-0.2, -0.15) is 0 Å². The van der Waals surface area contributed by atoms with Gasteiger partial charge >= 0.3 is 0 Å². The third kappa shape index (κ3) is 4.41. The summed E-state index contributed by atoms with van der Waals surface area (Å²) >= 11 is 15.2. The van der Waals surface area contributed by atoms with E-state index in [1.54, 1.807) is 41.4 Å². The van der Waals surface area contributed by atoms with E-state index in [1.165, 1.54) is 11.3 Å². The highest BCUT2D eigenvalue weighted by atomic mass is 35.5. The molecule has 1 aromatic carbocycles. The van der Waals surface area contributed by atoms with Crippen LogP contribution < -0.4 is 0 Å². The number of benzene rings is 1. The Morgan fingerprint density at radius 3 is 2.59 bits per heavy atom. The van der Waals surface area contributed by atoms with Crippen LogP contribution in [0.3, 0.4) is 0 Å². The van der Waals surface area contributed by atoms with Gasteiger partial charge < -0.3 is 4.90 Å². The zero-order valence-corrected chi connectivity index (χ0v) is 19.9. The third-order valence-corrected chi connectivity index (χ3v) is 7.99. The van der Waals surface area contributed by atoms with Crippen LogP contribution in [0.25, 0.3) is 22.0 Å². The standard InChI is InChI=1S/C22H17Cl2N5OS2/c23-15-2-1-14(9-16(15)24)18-11-31-20(27-18)13-3-7-29(8-4-13)22(30)19-12-32-21(28-19)17-10-25-5-6-26-17/h1-2,5-6,9-13H,3-4,7-8H2. The van der Waals surface area contributed by atoms with Crippen molar-refractivity contribution in [1.29, 1.82) is 0 Å². The van der Waals surface area contributed by atoms with Crippen LogP contribution in [0.2, 0.25) is 10.0 Å². The van der Waals surface area contributed by atoms with Gasteiger partial charge in [0.25, 0.3) is 5.91 Å². The molecule has 32 heavy (non-hydrogen) atoms. The summed E-state index contributed by atoms with van der Waals surface area (Å²) in [4.78, 5) is 32.4. The van der Waals surface area contributed by atoms with Crippen molar-refractivity contribution < 1.29 is 4.79 Å². The van der Waals surface area contributed by atoms with Gasteiger partial charge in [-0.25, -0.2) is 9.97 Å². The summed E-state index contributed by atoms with van der Waals surface area (Å²) in [6.45, 7) is 1.37. The number of rotatable bonds is 4. The first-order valence-electron chi connectivity index (χ1n) is 10.0. The number of carbonyl (C=O) groups is 1. The number of carbonyl (C=O) groups excluding carboxylic acids is 1. The Kier molecular flexibility index (Phi) is 6.19. The Morgan fingerprint density at radius 1 is 1.00 bits per heavy atom. The van der Waals surface area contributed by atoms with Gasteiger partial charge in [-0.15, -0.1) is 22.7 Å². The molecule has 1 aliphatic rings. The smallest absolute Gasteiger partial charge is 0.273 e. The van der Waals surface area contributed by atoms with Gasteiger partial charge in [0.05, 0.1) is 26.9 Å². The fraction of sp³-hybridized carbons (Fsp3) is 0.227. The van der Waals surface area contributed by atoms with E-state index >= 15 is 0 Å². The molecule has 4 aromatic rings. The van der Waals surface area contributed by atoms with E-state index < -0.39 is 0 Å². The summed E-state index contributed by atoms with van der Waals surface area (Å²) in [5, 5.41) is 6.70. The van der Waals surface area contributed by atoms with Crippen LogP contribution in [0.15, 0.2) is 47.5 Å². The molecular weight excluding hydrogens is 485 g/mol. The first-order chi connectivity index (χ1) is 15.6. The number of amides is 1. The largest absolute Gasteiger partial charge is 0.337 e. The van der Waals surface area contributed by atoms with Crippen molar-refractivity contribution in [3.63, 3.8) is 0 Å². The molecule has 0 aliphatic carbocycles. The average Bonchev–Trinajstić information content (AvgIpc) is 3.52. The van der Waals surface area contributed by atoms with E-state index in [2.05, 4.69) is 20.3 Å². The summed E-state index contributed by atoms with van der Waals surface area (Å²) in [5.41, 5.74) is 3.00. The Balaban J connectivity index is 1.23. The molecule has 4 heterocycles. The Bertz CT molecular complexity index is 1250. The molecule has 162 valence electrons. The Morgan fingerprint density at radius 2 is 1.84 bits per heavy atom. The van der Waals surface area contributed by atoms with Crippen LogP contribution in [0.5, 0.6) is 0 Å². The van der Waals surface area contributed by atoms with Crippen molar-refractivity contribution in [3.8, 4) is 22.0 Å².